The summed E-state index contributed by atoms with van der Waals surface area (Å²) in [6, 6.07) is 0. The van der Waals surface area contributed by atoms with Crippen LogP contribution in [0, 0.1) is 45.3 Å². The molecule has 3 heterocycles. The van der Waals surface area contributed by atoms with Gasteiger partial charge in [-0.15, -0.1) is 0 Å². The molecule has 7 rings (SSSR count). The molecular weight excluding hydrogens is 785 g/mol. The average Bonchev–Trinajstić information content (AvgIpc) is 3.47. The van der Waals surface area contributed by atoms with Crippen LogP contribution in [0.25, 0.3) is 0 Å². The Hall–Kier alpha value is -0.780. The molecule has 0 aromatic carbocycles. The minimum absolute atomic E-state index is 0.0218. The van der Waals surface area contributed by atoms with Crippen molar-refractivity contribution in [3.63, 3.8) is 0 Å². The monoisotopic (exact) mass is 867 g/mol. The fourth-order valence-electron chi connectivity index (χ4n) is 14.2. The normalized spacial score (nSPS) is 47.4. The van der Waals surface area contributed by atoms with Gasteiger partial charge in [-0.2, -0.15) is 0 Å². The first kappa shape index (κ1) is 48.2. The average molecular weight is 867 g/mol. The van der Waals surface area contributed by atoms with Crippen LogP contribution in [0.2, 0.25) is 0 Å². The van der Waals surface area contributed by atoms with Gasteiger partial charge in [0, 0.05) is 37.5 Å². The Morgan fingerprint density at radius 3 is 1.95 bits per heavy atom. The van der Waals surface area contributed by atoms with Gasteiger partial charge in [0.1, 0.15) is 6.10 Å². The van der Waals surface area contributed by atoms with Crippen LogP contribution < -0.4 is 0 Å². The molecule has 0 spiro atoms. The molecule has 0 aromatic rings. The molecule has 7 N–H and O–H groups in total. The van der Waals surface area contributed by atoms with E-state index >= 15 is 0 Å². The lowest BCUT2D eigenvalue weighted by molar-refractivity contribution is -0.341. The summed E-state index contributed by atoms with van der Waals surface area (Å²) in [5.41, 5.74) is 0.582. The molecule has 3 saturated carbocycles. The van der Waals surface area contributed by atoms with Crippen LogP contribution in [0.3, 0.4) is 0 Å². The second-order valence-electron chi connectivity index (χ2n) is 22.4. The predicted octanol–water partition coefficient (Wildman–Crippen LogP) is 5.12. The Balaban J connectivity index is 1.02. The molecule has 4 aliphatic carbocycles. The second-order valence-corrected chi connectivity index (χ2v) is 22.4. The van der Waals surface area contributed by atoms with Gasteiger partial charge in [0.05, 0.1) is 74.3 Å². The van der Waals surface area contributed by atoms with Crippen molar-refractivity contribution in [2.45, 2.75) is 225 Å². The first-order valence-electron chi connectivity index (χ1n) is 23.9. The molecule has 19 atom stereocenters. The van der Waals surface area contributed by atoms with Gasteiger partial charge in [-0.1, -0.05) is 53.2 Å². The van der Waals surface area contributed by atoms with Crippen LogP contribution >= 0.6 is 0 Å². The van der Waals surface area contributed by atoms with Crippen molar-refractivity contribution in [1.82, 2.24) is 0 Å². The zero-order chi connectivity index (χ0) is 44.3. The van der Waals surface area contributed by atoms with E-state index in [1.165, 1.54) is 24.8 Å². The van der Waals surface area contributed by atoms with Crippen molar-refractivity contribution in [3.8, 4) is 0 Å². The maximum absolute atomic E-state index is 11.5. The minimum atomic E-state index is -1.25. The molecule has 352 valence electrons. The highest BCUT2D eigenvalue weighted by atomic mass is 16.7. The smallest absolute Gasteiger partial charge is 0.187 e. The number of hydrogen-bond acceptors (Lipinski definition) is 13. The van der Waals surface area contributed by atoms with E-state index in [-0.39, 0.29) is 66.8 Å². The Bertz CT molecular complexity index is 1500. The molecular formula is C48H82O13. The summed E-state index contributed by atoms with van der Waals surface area (Å²) in [6.07, 6.45) is 5.02. The standard InChI is InChI=1S/C48H82O13/c1-27(9-13-39(45(4,5)55)60-43-42(36(54)23-32(26-51)58-43)61-41-22-29(53)20-31(25-50)57-41)33-15-16-48(8)37-12-10-34-35(46(37,6)17-18-47(33,48)7)11-14-38(44(34,2)3)59-40-21-28(52)19-30(24-49)56-40/h10,27-33,35-43,49-55H,9,11-26H2,1-8H3/t27-,28+,29+,30+,31+,32+,33?,35?,36+,37-,38+,39-,40+,41+,42-,43+,46+,47-,48+/m1/s1. The molecule has 6 fully saturated rings. The lowest BCUT2D eigenvalue weighted by Crippen LogP contribution is -2.59. The van der Waals surface area contributed by atoms with Crippen LogP contribution in [-0.4, -0.2) is 135 Å². The van der Waals surface area contributed by atoms with Crippen LogP contribution in [-0.2, 0) is 28.4 Å². The van der Waals surface area contributed by atoms with Gasteiger partial charge in [0.15, 0.2) is 18.9 Å². The van der Waals surface area contributed by atoms with Gasteiger partial charge in [-0.3, -0.25) is 0 Å². The fourth-order valence-corrected chi connectivity index (χ4v) is 14.2. The third-order valence-corrected chi connectivity index (χ3v) is 17.9. The maximum Gasteiger partial charge on any atom is 0.187 e. The highest BCUT2D eigenvalue weighted by molar-refractivity contribution is 5.30. The maximum atomic E-state index is 11.5. The van der Waals surface area contributed by atoms with Crippen LogP contribution in [0.5, 0.6) is 0 Å². The summed E-state index contributed by atoms with van der Waals surface area (Å²) in [5.74, 6) is 1.90. The topological polar surface area (TPSA) is 197 Å². The molecule has 13 nitrogen and oxygen atoms in total. The molecule has 0 radical (unpaired) electrons. The lowest BCUT2D eigenvalue weighted by Gasteiger charge is -2.66. The third-order valence-electron chi connectivity index (χ3n) is 17.9. The van der Waals surface area contributed by atoms with E-state index in [9.17, 15) is 35.7 Å². The van der Waals surface area contributed by atoms with Crippen LogP contribution in [0.4, 0.5) is 0 Å². The summed E-state index contributed by atoms with van der Waals surface area (Å²) in [5, 5.41) is 73.1. The Kier molecular flexibility index (Phi) is 14.6. The third kappa shape index (κ3) is 9.32. The van der Waals surface area contributed by atoms with Crippen molar-refractivity contribution in [3.05, 3.63) is 11.6 Å². The van der Waals surface area contributed by atoms with E-state index in [0.717, 1.165) is 32.1 Å². The lowest BCUT2D eigenvalue weighted by atomic mass is 9.39. The SMILES string of the molecule is C[C@H](CC[C@@H](O[C@@H]1O[C@H](CO)C[C@H](O)[C@H]1O[C@H]1C[C@@H](O)C[C@@H](CO)O1)C(C)(C)O)C1CC[C@@]2(C)[C@@H]3CC=C4C(CC[C@H](O[C@H]5C[C@@H](O)C[C@@H](CO)O5)C4(C)C)[C@]3(C)CC[C@]12C. The fraction of sp³-hybridized carbons (Fsp3) is 0.958. The van der Waals surface area contributed by atoms with Gasteiger partial charge in [-0.25, -0.2) is 0 Å². The number of fused-ring (bicyclic) bond motifs is 5. The summed E-state index contributed by atoms with van der Waals surface area (Å²) >= 11 is 0. The number of hydrogen-bond donors (Lipinski definition) is 7. The van der Waals surface area contributed by atoms with E-state index in [1.54, 1.807) is 13.8 Å². The zero-order valence-corrected chi connectivity index (χ0v) is 38.4. The van der Waals surface area contributed by atoms with E-state index < -0.39 is 73.3 Å². The predicted molar refractivity (Wildman–Crippen MR) is 227 cm³/mol. The highest BCUT2D eigenvalue weighted by Crippen LogP contribution is 2.75. The first-order chi connectivity index (χ1) is 28.7. The molecule has 3 saturated heterocycles. The molecule has 61 heavy (non-hydrogen) atoms. The molecule has 2 unspecified atom stereocenters. The number of aliphatic hydroxyl groups excluding tert-OH is 6. The largest absolute Gasteiger partial charge is 0.394 e. The van der Waals surface area contributed by atoms with Crippen molar-refractivity contribution >= 4 is 0 Å². The van der Waals surface area contributed by atoms with Gasteiger partial charge >= 0.3 is 0 Å². The molecule has 7 aliphatic rings. The van der Waals surface area contributed by atoms with E-state index in [1.807, 2.05) is 0 Å². The summed E-state index contributed by atoms with van der Waals surface area (Å²) < 4.78 is 37.6. The van der Waals surface area contributed by atoms with Crippen molar-refractivity contribution in [1.29, 1.82) is 0 Å². The van der Waals surface area contributed by atoms with Crippen molar-refractivity contribution in [2.75, 3.05) is 19.8 Å². The number of aliphatic hydroxyl groups is 7. The minimum Gasteiger partial charge on any atom is -0.394 e. The molecule has 0 amide bonds. The number of ether oxygens (including phenoxy) is 6. The van der Waals surface area contributed by atoms with Crippen LogP contribution in [0.15, 0.2) is 11.6 Å². The quantitative estimate of drug-likeness (QED) is 0.114. The Morgan fingerprint density at radius 2 is 1.34 bits per heavy atom. The zero-order valence-electron chi connectivity index (χ0n) is 38.4. The number of allylic oxidation sites excluding steroid dienone is 1. The van der Waals surface area contributed by atoms with E-state index in [2.05, 4.69) is 47.6 Å². The molecule has 13 heteroatoms. The van der Waals surface area contributed by atoms with Gasteiger partial charge in [0.2, 0.25) is 0 Å². The van der Waals surface area contributed by atoms with Crippen LogP contribution in [0.1, 0.15) is 145 Å². The molecule has 3 aliphatic heterocycles. The highest BCUT2D eigenvalue weighted by Gasteiger charge is 2.67. The number of rotatable bonds is 14. The molecule has 0 aromatic heterocycles. The Labute approximate surface area is 364 Å². The van der Waals surface area contributed by atoms with Crippen molar-refractivity contribution < 1.29 is 64.2 Å². The van der Waals surface area contributed by atoms with Gasteiger partial charge in [-0.05, 0) is 112 Å². The molecule has 0 bridgehead atoms. The second kappa shape index (κ2) is 18.5. The van der Waals surface area contributed by atoms with Crippen molar-refractivity contribution in [2.24, 2.45) is 45.3 Å². The van der Waals surface area contributed by atoms with Gasteiger partial charge in [0.25, 0.3) is 0 Å². The first-order valence-corrected chi connectivity index (χ1v) is 23.9. The summed E-state index contributed by atoms with van der Waals surface area (Å²) in [6.45, 7) is 17.5. The Morgan fingerprint density at radius 1 is 0.738 bits per heavy atom. The van der Waals surface area contributed by atoms with Gasteiger partial charge < -0.3 is 64.2 Å². The summed E-state index contributed by atoms with van der Waals surface area (Å²) in [7, 11) is 0. The summed E-state index contributed by atoms with van der Waals surface area (Å²) in [4.78, 5) is 0. The van der Waals surface area contributed by atoms with E-state index in [0.29, 0.717) is 42.9 Å². The van der Waals surface area contributed by atoms with E-state index in [4.69, 9.17) is 28.4 Å².